The monoisotopic (exact) mass is 464 g/mol. The Morgan fingerprint density at radius 2 is 2.06 bits per heavy atom. The molecule has 4 heterocycles. The van der Waals surface area contributed by atoms with E-state index in [4.69, 9.17) is 21.1 Å². The van der Waals surface area contributed by atoms with Crippen LogP contribution in [-0.2, 0) is 22.6 Å². The molecule has 0 bridgehead atoms. The van der Waals surface area contributed by atoms with Crippen LogP contribution >= 0.6 is 11.6 Å². The molecule has 2 aliphatic heterocycles. The minimum atomic E-state index is -0.309. The smallest absolute Gasteiger partial charge is 0.266 e. The van der Waals surface area contributed by atoms with Crippen LogP contribution < -0.4 is 14.4 Å². The zero-order valence-corrected chi connectivity index (χ0v) is 18.7. The number of rotatable bonds is 4. The molecule has 0 atom stereocenters. The fourth-order valence-corrected chi connectivity index (χ4v) is 4.22. The van der Waals surface area contributed by atoms with Crippen LogP contribution in [0.15, 0.2) is 48.8 Å². The number of ether oxygens (including phenoxy) is 2. The summed E-state index contributed by atoms with van der Waals surface area (Å²) >= 11 is 6.07. The van der Waals surface area contributed by atoms with Crippen molar-refractivity contribution in [3.63, 3.8) is 0 Å². The number of amides is 2. The van der Waals surface area contributed by atoms with E-state index >= 15 is 0 Å². The number of carbonyl (C=O) groups is 2. The highest BCUT2D eigenvalue weighted by atomic mass is 35.5. The van der Waals surface area contributed by atoms with Gasteiger partial charge in [-0.3, -0.25) is 19.5 Å². The van der Waals surface area contributed by atoms with Crippen molar-refractivity contribution in [2.24, 2.45) is 0 Å². The van der Waals surface area contributed by atoms with Crippen LogP contribution in [0.3, 0.4) is 0 Å². The summed E-state index contributed by atoms with van der Waals surface area (Å²) < 4.78 is 10.9. The fraction of sp³-hybridized carbons (Fsp3) is 0.250. The van der Waals surface area contributed by atoms with Gasteiger partial charge in [0, 0.05) is 36.1 Å². The van der Waals surface area contributed by atoms with Crippen LogP contribution in [0.25, 0.3) is 11.3 Å². The molecule has 2 aliphatic rings. The lowest BCUT2D eigenvalue weighted by Gasteiger charge is -2.33. The van der Waals surface area contributed by atoms with Gasteiger partial charge in [-0.05, 0) is 47.9 Å². The van der Waals surface area contributed by atoms with Gasteiger partial charge >= 0.3 is 0 Å². The first-order valence-electron chi connectivity index (χ1n) is 10.5. The molecule has 8 nitrogen and oxygen atoms in total. The summed E-state index contributed by atoms with van der Waals surface area (Å²) in [5.74, 6) is 1.05. The second kappa shape index (κ2) is 8.71. The van der Waals surface area contributed by atoms with Gasteiger partial charge < -0.3 is 14.4 Å². The molecule has 0 spiro atoms. The maximum atomic E-state index is 13.1. The highest BCUT2D eigenvalue weighted by molar-refractivity contribution is 6.30. The van der Waals surface area contributed by atoms with E-state index in [0.717, 1.165) is 17.7 Å². The molecule has 0 N–H and O–H groups in total. The maximum absolute atomic E-state index is 13.1. The van der Waals surface area contributed by atoms with Gasteiger partial charge in [-0.25, -0.2) is 4.98 Å². The van der Waals surface area contributed by atoms with E-state index in [1.165, 1.54) is 10.5 Å². The standard InChI is InChI=1S/C24H21ClN4O4/c1-32-19-3-2-15-5-7-28(12-17(15)8-19)22(30)13-29-23(31)14-33-21-9-16(11-27-24(21)29)20-10-18(25)4-6-26-20/h2-4,6,8-11H,5,7,12-14H2,1H3. The van der Waals surface area contributed by atoms with Gasteiger partial charge in [0.25, 0.3) is 5.91 Å². The van der Waals surface area contributed by atoms with Gasteiger partial charge in [0.1, 0.15) is 12.3 Å². The maximum Gasteiger partial charge on any atom is 0.266 e. The molecule has 0 radical (unpaired) electrons. The molecule has 0 unspecified atom stereocenters. The first-order chi connectivity index (χ1) is 16.0. The molecule has 2 amide bonds. The van der Waals surface area contributed by atoms with Crippen molar-refractivity contribution >= 4 is 29.2 Å². The SMILES string of the molecule is COc1ccc2c(c1)CN(C(=O)CN1C(=O)COc3cc(-c4cc(Cl)ccn4)cnc31)CC2. The molecule has 2 aromatic heterocycles. The van der Waals surface area contributed by atoms with Gasteiger partial charge in [-0.15, -0.1) is 0 Å². The van der Waals surface area contributed by atoms with E-state index < -0.39 is 0 Å². The van der Waals surface area contributed by atoms with E-state index in [1.54, 1.807) is 42.6 Å². The van der Waals surface area contributed by atoms with Crippen LogP contribution in [0, 0.1) is 0 Å². The van der Waals surface area contributed by atoms with Gasteiger partial charge in [0.05, 0.1) is 12.8 Å². The summed E-state index contributed by atoms with van der Waals surface area (Å²) in [6, 6.07) is 11.1. The summed E-state index contributed by atoms with van der Waals surface area (Å²) in [5, 5.41) is 0.557. The second-order valence-electron chi connectivity index (χ2n) is 7.87. The molecule has 5 rings (SSSR count). The first kappa shape index (κ1) is 21.2. The Bertz CT molecular complexity index is 1250. The number of aromatic nitrogens is 2. The van der Waals surface area contributed by atoms with Crippen LogP contribution in [0.2, 0.25) is 5.02 Å². The Morgan fingerprint density at radius 1 is 1.18 bits per heavy atom. The second-order valence-corrected chi connectivity index (χ2v) is 8.31. The van der Waals surface area contributed by atoms with E-state index in [0.29, 0.717) is 40.9 Å². The number of halogens is 1. The number of hydrogen-bond acceptors (Lipinski definition) is 6. The fourth-order valence-electron chi connectivity index (χ4n) is 4.06. The molecule has 3 aromatic rings. The van der Waals surface area contributed by atoms with Crippen LogP contribution in [-0.4, -0.2) is 53.5 Å². The first-order valence-corrected chi connectivity index (χ1v) is 10.9. The number of nitrogens with zero attached hydrogens (tertiary/aromatic N) is 4. The molecule has 0 saturated carbocycles. The van der Waals surface area contributed by atoms with Crippen molar-refractivity contribution in [2.75, 3.05) is 31.7 Å². The van der Waals surface area contributed by atoms with Crippen molar-refractivity contribution in [2.45, 2.75) is 13.0 Å². The quantitative estimate of drug-likeness (QED) is 0.590. The largest absolute Gasteiger partial charge is 0.497 e. The summed E-state index contributed by atoms with van der Waals surface area (Å²) in [7, 11) is 1.62. The summed E-state index contributed by atoms with van der Waals surface area (Å²) in [6.45, 7) is 0.810. The Morgan fingerprint density at radius 3 is 2.88 bits per heavy atom. The number of fused-ring (bicyclic) bond motifs is 2. The van der Waals surface area contributed by atoms with E-state index in [2.05, 4.69) is 9.97 Å². The highest BCUT2D eigenvalue weighted by Gasteiger charge is 2.31. The predicted molar refractivity (Wildman–Crippen MR) is 122 cm³/mol. The third-order valence-corrected chi connectivity index (χ3v) is 6.07. The minimum absolute atomic E-state index is 0.101. The third-order valence-electron chi connectivity index (χ3n) is 5.83. The molecular weight excluding hydrogens is 444 g/mol. The third kappa shape index (κ3) is 4.21. The molecule has 33 heavy (non-hydrogen) atoms. The number of benzene rings is 1. The van der Waals surface area contributed by atoms with E-state index in [1.807, 2.05) is 18.2 Å². The zero-order chi connectivity index (χ0) is 22.9. The number of carbonyl (C=O) groups excluding carboxylic acids is 2. The van der Waals surface area contributed by atoms with Crippen LogP contribution in [0.4, 0.5) is 5.82 Å². The zero-order valence-electron chi connectivity index (χ0n) is 18.0. The van der Waals surface area contributed by atoms with Crippen molar-refractivity contribution in [3.8, 4) is 22.8 Å². The predicted octanol–water partition coefficient (Wildman–Crippen LogP) is 3.12. The molecule has 0 fully saturated rings. The number of hydrogen-bond donors (Lipinski definition) is 0. The summed E-state index contributed by atoms with van der Waals surface area (Å²) in [6.07, 6.45) is 3.96. The Labute approximate surface area is 195 Å². The number of pyridine rings is 2. The van der Waals surface area contributed by atoms with Crippen LogP contribution in [0.1, 0.15) is 11.1 Å². The van der Waals surface area contributed by atoms with Gasteiger partial charge in [0.2, 0.25) is 5.91 Å². The summed E-state index contributed by atoms with van der Waals surface area (Å²) in [5.41, 5.74) is 3.61. The van der Waals surface area contributed by atoms with Crippen molar-refractivity contribution in [1.29, 1.82) is 0 Å². The lowest BCUT2D eigenvalue weighted by atomic mass is 9.99. The average Bonchev–Trinajstić information content (AvgIpc) is 2.84. The molecule has 9 heteroatoms. The minimum Gasteiger partial charge on any atom is -0.497 e. The number of anilines is 1. The van der Waals surface area contributed by atoms with Gasteiger partial charge in [-0.1, -0.05) is 17.7 Å². The lowest BCUT2D eigenvalue weighted by Crippen LogP contribution is -2.47. The van der Waals surface area contributed by atoms with Crippen molar-refractivity contribution in [1.82, 2.24) is 14.9 Å². The molecule has 0 aliphatic carbocycles. The summed E-state index contributed by atoms with van der Waals surface area (Å²) in [4.78, 5) is 37.6. The average molecular weight is 465 g/mol. The molecule has 0 saturated heterocycles. The molecule has 1 aromatic carbocycles. The van der Waals surface area contributed by atoms with Crippen molar-refractivity contribution in [3.05, 3.63) is 64.9 Å². The highest BCUT2D eigenvalue weighted by Crippen LogP contribution is 2.34. The van der Waals surface area contributed by atoms with Gasteiger partial charge in [-0.2, -0.15) is 0 Å². The van der Waals surface area contributed by atoms with Gasteiger partial charge in [0.15, 0.2) is 18.2 Å². The Balaban J connectivity index is 1.36. The Hall–Kier alpha value is -3.65. The topological polar surface area (TPSA) is 84.9 Å². The molecular formula is C24H21ClN4O4. The van der Waals surface area contributed by atoms with E-state index in [9.17, 15) is 9.59 Å². The number of methoxy groups -OCH3 is 1. The van der Waals surface area contributed by atoms with E-state index in [-0.39, 0.29) is 25.0 Å². The van der Waals surface area contributed by atoms with Crippen molar-refractivity contribution < 1.29 is 19.1 Å². The lowest BCUT2D eigenvalue weighted by molar-refractivity contribution is -0.132. The Kier molecular flexibility index (Phi) is 5.60. The van der Waals surface area contributed by atoms with Crippen LogP contribution in [0.5, 0.6) is 11.5 Å². The molecule has 168 valence electrons. The normalized spacial score (nSPS) is 14.9.